The van der Waals surface area contributed by atoms with Crippen molar-refractivity contribution in [3.05, 3.63) is 53.9 Å². The minimum atomic E-state index is -3.63. The molecule has 1 heterocycles. The number of H-pyrrole nitrogens is 1. The summed E-state index contributed by atoms with van der Waals surface area (Å²) in [5, 5.41) is 8.67. The third-order valence-corrected chi connectivity index (χ3v) is 5.52. The van der Waals surface area contributed by atoms with E-state index in [4.69, 9.17) is 4.74 Å². The Balaban J connectivity index is 1.58. The van der Waals surface area contributed by atoms with Gasteiger partial charge in [0, 0.05) is 5.39 Å². The predicted molar refractivity (Wildman–Crippen MR) is 100 cm³/mol. The number of nitrogens with zero attached hydrogens (tertiary/aromatic N) is 1. The number of hydrogen-bond acceptors (Lipinski definition) is 4. The van der Waals surface area contributed by atoms with E-state index in [2.05, 4.69) is 26.8 Å². The van der Waals surface area contributed by atoms with E-state index in [1.54, 1.807) is 13.8 Å². The lowest BCUT2D eigenvalue weighted by Crippen LogP contribution is -2.25. The summed E-state index contributed by atoms with van der Waals surface area (Å²) in [5.74, 6) is 6.34. The fourth-order valence-corrected chi connectivity index (χ4v) is 3.98. The van der Waals surface area contributed by atoms with Crippen LogP contribution in [0, 0.1) is 25.7 Å². The molecule has 7 heteroatoms. The highest BCUT2D eigenvalue weighted by Gasteiger charge is 2.21. The van der Waals surface area contributed by atoms with Crippen LogP contribution in [-0.4, -0.2) is 31.8 Å². The molecule has 0 radical (unpaired) electrons. The first-order valence-electron chi connectivity index (χ1n) is 8.06. The number of benzene rings is 2. The number of ether oxygens (including phenoxy) is 1. The fourth-order valence-electron chi connectivity index (χ4n) is 2.69. The summed E-state index contributed by atoms with van der Waals surface area (Å²) in [5.41, 5.74) is 0.935. The Labute approximate surface area is 152 Å². The number of aromatic nitrogens is 2. The van der Waals surface area contributed by atoms with Crippen LogP contribution in [0.1, 0.15) is 11.4 Å². The van der Waals surface area contributed by atoms with Crippen molar-refractivity contribution in [1.82, 2.24) is 14.9 Å². The highest BCUT2D eigenvalue weighted by Crippen LogP contribution is 2.24. The Morgan fingerprint density at radius 2 is 1.88 bits per heavy atom. The van der Waals surface area contributed by atoms with E-state index in [1.807, 2.05) is 42.5 Å². The molecule has 0 fully saturated rings. The maximum absolute atomic E-state index is 12.3. The van der Waals surface area contributed by atoms with E-state index >= 15 is 0 Å². The first-order valence-corrected chi connectivity index (χ1v) is 9.55. The molecule has 3 aromatic rings. The van der Waals surface area contributed by atoms with Crippen molar-refractivity contribution in [3.63, 3.8) is 0 Å². The molecule has 3 rings (SSSR count). The zero-order valence-electron chi connectivity index (χ0n) is 14.5. The molecule has 0 aliphatic heterocycles. The minimum Gasteiger partial charge on any atom is -0.480 e. The molecule has 0 spiro atoms. The predicted octanol–water partition coefficient (Wildman–Crippen LogP) is 2.54. The Morgan fingerprint density at radius 3 is 2.65 bits per heavy atom. The van der Waals surface area contributed by atoms with Gasteiger partial charge in [0.2, 0.25) is 10.0 Å². The van der Waals surface area contributed by atoms with Gasteiger partial charge in [-0.2, -0.15) is 9.82 Å². The molecule has 134 valence electrons. The first-order chi connectivity index (χ1) is 12.5. The first kappa shape index (κ1) is 18.0. The molecule has 0 aliphatic carbocycles. The van der Waals surface area contributed by atoms with Gasteiger partial charge in [0.15, 0.2) is 0 Å². The summed E-state index contributed by atoms with van der Waals surface area (Å²) in [4.78, 5) is 0.173. The molecular formula is C19H19N3O3S. The van der Waals surface area contributed by atoms with E-state index in [1.165, 1.54) is 0 Å². The molecule has 0 bridgehead atoms. The number of hydrogen-bond donors (Lipinski definition) is 2. The highest BCUT2D eigenvalue weighted by molar-refractivity contribution is 7.89. The summed E-state index contributed by atoms with van der Waals surface area (Å²) < 4.78 is 32.7. The Bertz CT molecular complexity index is 1070. The molecule has 0 saturated carbocycles. The topological polar surface area (TPSA) is 84.1 Å². The molecule has 1 aromatic heterocycles. The molecule has 0 amide bonds. The normalized spacial score (nSPS) is 11.2. The van der Waals surface area contributed by atoms with Crippen LogP contribution in [0.15, 0.2) is 47.4 Å². The average Bonchev–Trinajstić information content (AvgIpc) is 2.97. The molecule has 2 N–H and O–H groups in total. The largest absolute Gasteiger partial charge is 0.480 e. The molecule has 0 aliphatic rings. The summed E-state index contributed by atoms with van der Waals surface area (Å²) in [6, 6.07) is 13.8. The number of fused-ring (bicyclic) bond motifs is 1. The summed E-state index contributed by atoms with van der Waals surface area (Å²) in [6.07, 6.45) is 0. The molecule has 26 heavy (non-hydrogen) atoms. The third-order valence-electron chi connectivity index (χ3n) is 3.85. The van der Waals surface area contributed by atoms with Crippen molar-refractivity contribution in [2.24, 2.45) is 0 Å². The van der Waals surface area contributed by atoms with Gasteiger partial charge in [0.05, 0.1) is 17.9 Å². The summed E-state index contributed by atoms with van der Waals surface area (Å²) in [7, 11) is -3.63. The Morgan fingerprint density at radius 1 is 1.12 bits per heavy atom. The van der Waals surface area contributed by atoms with Crippen LogP contribution in [0.5, 0.6) is 5.75 Å². The second-order valence-electron chi connectivity index (χ2n) is 5.71. The number of sulfonamides is 1. The molecule has 0 saturated heterocycles. The van der Waals surface area contributed by atoms with E-state index < -0.39 is 10.0 Å². The Kier molecular flexibility index (Phi) is 5.26. The van der Waals surface area contributed by atoms with Crippen LogP contribution >= 0.6 is 0 Å². The van der Waals surface area contributed by atoms with Crippen molar-refractivity contribution >= 4 is 20.8 Å². The van der Waals surface area contributed by atoms with Gasteiger partial charge < -0.3 is 4.74 Å². The maximum Gasteiger partial charge on any atom is 0.245 e. The van der Waals surface area contributed by atoms with Gasteiger partial charge in [-0.25, -0.2) is 8.42 Å². The van der Waals surface area contributed by atoms with E-state index in [-0.39, 0.29) is 18.0 Å². The van der Waals surface area contributed by atoms with E-state index in [9.17, 15) is 8.42 Å². The summed E-state index contributed by atoms with van der Waals surface area (Å²) in [6.45, 7) is 3.49. The number of aryl methyl sites for hydroxylation is 2. The van der Waals surface area contributed by atoms with Crippen LogP contribution in [0.2, 0.25) is 0 Å². The second kappa shape index (κ2) is 7.60. The van der Waals surface area contributed by atoms with E-state index in [0.717, 1.165) is 16.5 Å². The smallest absolute Gasteiger partial charge is 0.245 e. The van der Waals surface area contributed by atoms with Gasteiger partial charge in [-0.3, -0.25) is 5.10 Å². The van der Waals surface area contributed by atoms with Gasteiger partial charge in [-0.05, 0) is 25.3 Å². The standard InChI is InChI=1S/C19H19N3O3S/c1-14-19(15(2)22-21-14)26(23,24)20-12-5-6-13-25-18-11-7-9-16-8-3-4-10-17(16)18/h3-4,7-11,20H,12-13H2,1-2H3,(H,21,22). The van der Waals surface area contributed by atoms with Crippen LogP contribution in [-0.2, 0) is 10.0 Å². The number of rotatable bonds is 5. The lowest BCUT2D eigenvalue weighted by molar-refractivity contribution is 0.374. The second-order valence-corrected chi connectivity index (χ2v) is 7.41. The fraction of sp³-hybridized carbons (Fsp3) is 0.211. The molecule has 0 unspecified atom stereocenters. The zero-order valence-corrected chi connectivity index (χ0v) is 15.4. The lowest BCUT2D eigenvalue weighted by Gasteiger charge is -2.06. The molecule has 0 atom stereocenters. The van der Waals surface area contributed by atoms with Crippen molar-refractivity contribution in [3.8, 4) is 17.6 Å². The average molecular weight is 369 g/mol. The minimum absolute atomic E-state index is 0.00525. The van der Waals surface area contributed by atoms with Crippen LogP contribution < -0.4 is 9.46 Å². The van der Waals surface area contributed by atoms with Crippen LogP contribution in [0.3, 0.4) is 0 Å². The Hall–Kier alpha value is -2.82. The quantitative estimate of drug-likeness (QED) is 0.677. The molecule has 6 nitrogen and oxygen atoms in total. The third kappa shape index (κ3) is 3.87. The lowest BCUT2D eigenvalue weighted by atomic mass is 10.1. The van der Waals surface area contributed by atoms with Gasteiger partial charge in [0.25, 0.3) is 0 Å². The van der Waals surface area contributed by atoms with Crippen LogP contribution in [0.4, 0.5) is 0 Å². The van der Waals surface area contributed by atoms with Gasteiger partial charge in [0.1, 0.15) is 17.3 Å². The number of nitrogens with one attached hydrogen (secondary N) is 2. The van der Waals surface area contributed by atoms with Crippen LogP contribution in [0.25, 0.3) is 10.8 Å². The highest BCUT2D eigenvalue weighted by atomic mass is 32.2. The van der Waals surface area contributed by atoms with Crippen molar-refractivity contribution in [2.75, 3.05) is 13.2 Å². The summed E-state index contributed by atoms with van der Waals surface area (Å²) >= 11 is 0. The SMILES string of the molecule is Cc1n[nH]c(C)c1S(=O)(=O)NCC#CCOc1cccc2ccccc12. The van der Waals surface area contributed by atoms with Crippen molar-refractivity contribution in [2.45, 2.75) is 18.7 Å². The van der Waals surface area contributed by atoms with Gasteiger partial charge >= 0.3 is 0 Å². The van der Waals surface area contributed by atoms with Gasteiger partial charge in [-0.1, -0.05) is 48.2 Å². The van der Waals surface area contributed by atoms with Gasteiger partial charge in [-0.15, -0.1) is 0 Å². The number of aromatic amines is 1. The van der Waals surface area contributed by atoms with E-state index in [0.29, 0.717) is 11.4 Å². The van der Waals surface area contributed by atoms with Crippen molar-refractivity contribution < 1.29 is 13.2 Å². The monoisotopic (exact) mass is 369 g/mol. The van der Waals surface area contributed by atoms with Crippen molar-refractivity contribution in [1.29, 1.82) is 0 Å². The zero-order chi connectivity index (χ0) is 18.6. The molecular weight excluding hydrogens is 350 g/mol. The molecule has 2 aromatic carbocycles. The maximum atomic E-state index is 12.3.